The molecule has 0 aliphatic heterocycles. The van der Waals surface area contributed by atoms with Gasteiger partial charge in [0.25, 0.3) is 0 Å². The molecule has 0 unspecified atom stereocenters. The average Bonchev–Trinajstić information content (AvgIpc) is 2.38. The van der Waals surface area contributed by atoms with Gasteiger partial charge in [-0.05, 0) is 12.0 Å². The lowest BCUT2D eigenvalue weighted by Crippen LogP contribution is -2.26. The van der Waals surface area contributed by atoms with Crippen LogP contribution in [-0.2, 0) is 18.3 Å². The number of methoxy groups -OCH3 is 2. The highest BCUT2D eigenvalue weighted by Crippen LogP contribution is 2.12. The average molecular weight is 292 g/mol. The fourth-order valence-corrected chi connectivity index (χ4v) is 3.55. The first-order valence-corrected chi connectivity index (χ1v) is 9.17. The topological polar surface area (TPSA) is 36.9 Å². The van der Waals surface area contributed by atoms with Crippen molar-refractivity contribution in [2.45, 2.75) is 45.6 Å². The Morgan fingerprint density at radius 2 is 1.37 bits per heavy atom. The van der Waals surface area contributed by atoms with Crippen LogP contribution in [0.5, 0.6) is 0 Å². The summed E-state index contributed by atoms with van der Waals surface area (Å²) in [6, 6.07) is 1.09. The zero-order valence-electron chi connectivity index (χ0n) is 13.2. The summed E-state index contributed by atoms with van der Waals surface area (Å²) in [5.74, 6) is 0.809. The van der Waals surface area contributed by atoms with E-state index in [0.717, 1.165) is 12.0 Å². The molecule has 0 radical (unpaired) electrons. The van der Waals surface area contributed by atoms with Gasteiger partial charge >= 0.3 is 9.28 Å². The molecule has 0 aromatic rings. The van der Waals surface area contributed by atoms with Crippen molar-refractivity contribution in [3.63, 3.8) is 0 Å². The molecule has 0 N–H and O–H groups in total. The fourth-order valence-electron chi connectivity index (χ4n) is 1.78. The van der Waals surface area contributed by atoms with Crippen LogP contribution in [0.15, 0.2) is 0 Å². The van der Waals surface area contributed by atoms with Crippen LogP contribution in [0.2, 0.25) is 6.04 Å². The summed E-state index contributed by atoms with van der Waals surface area (Å²) in [5.41, 5.74) is 0. The van der Waals surface area contributed by atoms with E-state index in [-0.39, 0.29) is 0 Å². The Bertz CT molecular complexity index is 169. The predicted molar refractivity (Wildman–Crippen MR) is 80.9 cm³/mol. The summed E-state index contributed by atoms with van der Waals surface area (Å²) in [6.07, 6.45) is 5.13. The monoisotopic (exact) mass is 292 g/mol. The summed E-state index contributed by atoms with van der Waals surface area (Å²) >= 11 is 0. The van der Waals surface area contributed by atoms with E-state index < -0.39 is 9.28 Å². The molecule has 0 fully saturated rings. The van der Waals surface area contributed by atoms with Crippen LogP contribution in [0.25, 0.3) is 0 Å². The second kappa shape index (κ2) is 14.5. The highest BCUT2D eigenvalue weighted by molar-refractivity contribution is 6.44. The van der Waals surface area contributed by atoms with Crippen LogP contribution >= 0.6 is 0 Å². The van der Waals surface area contributed by atoms with Gasteiger partial charge in [-0.3, -0.25) is 0 Å². The Kier molecular flexibility index (Phi) is 14.5. The molecule has 0 heterocycles. The van der Waals surface area contributed by atoms with Gasteiger partial charge in [-0.25, -0.2) is 0 Å². The van der Waals surface area contributed by atoms with Crippen LogP contribution in [0.3, 0.4) is 0 Å². The molecule has 19 heavy (non-hydrogen) atoms. The maximum Gasteiger partial charge on any atom is 0.321 e. The van der Waals surface area contributed by atoms with E-state index in [0.29, 0.717) is 26.4 Å². The largest absolute Gasteiger partial charge is 0.394 e. The summed E-state index contributed by atoms with van der Waals surface area (Å²) in [4.78, 5) is 0. The first-order valence-electron chi connectivity index (χ1n) is 7.41. The minimum atomic E-state index is -1.52. The van der Waals surface area contributed by atoms with Crippen molar-refractivity contribution in [1.29, 1.82) is 0 Å². The van der Waals surface area contributed by atoms with Gasteiger partial charge < -0.3 is 18.3 Å². The second-order valence-electron chi connectivity index (χ2n) is 5.19. The van der Waals surface area contributed by atoms with Crippen LogP contribution in [0, 0.1) is 5.92 Å². The molecule has 0 aliphatic carbocycles. The Morgan fingerprint density at radius 3 is 1.84 bits per heavy atom. The molecular weight excluding hydrogens is 260 g/mol. The van der Waals surface area contributed by atoms with Gasteiger partial charge in [0.1, 0.15) is 0 Å². The van der Waals surface area contributed by atoms with Crippen molar-refractivity contribution in [3.05, 3.63) is 0 Å². The van der Waals surface area contributed by atoms with Crippen LogP contribution < -0.4 is 0 Å². The molecule has 0 saturated carbocycles. The van der Waals surface area contributed by atoms with Gasteiger partial charge in [0.15, 0.2) is 0 Å². The van der Waals surface area contributed by atoms with Crippen LogP contribution in [0.4, 0.5) is 0 Å². The zero-order valence-corrected chi connectivity index (χ0v) is 14.3. The smallest absolute Gasteiger partial charge is 0.321 e. The molecule has 0 atom stereocenters. The first kappa shape index (κ1) is 19.1. The molecule has 0 saturated heterocycles. The number of ether oxygens (including phenoxy) is 2. The van der Waals surface area contributed by atoms with E-state index in [1.165, 1.54) is 25.7 Å². The van der Waals surface area contributed by atoms with Gasteiger partial charge in [-0.1, -0.05) is 39.5 Å². The zero-order chi connectivity index (χ0) is 14.3. The summed E-state index contributed by atoms with van der Waals surface area (Å²) < 4.78 is 21.6. The van der Waals surface area contributed by atoms with E-state index in [2.05, 4.69) is 13.8 Å². The van der Waals surface area contributed by atoms with Crippen molar-refractivity contribution in [3.8, 4) is 0 Å². The summed E-state index contributed by atoms with van der Waals surface area (Å²) in [7, 11) is 1.86. The lowest BCUT2D eigenvalue weighted by Gasteiger charge is -2.16. The second-order valence-corrected chi connectivity index (χ2v) is 7.29. The van der Waals surface area contributed by atoms with Gasteiger partial charge in [0.05, 0.1) is 26.4 Å². The van der Waals surface area contributed by atoms with Crippen molar-refractivity contribution in [2.75, 3.05) is 40.6 Å². The minimum Gasteiger partial charge on any atom is -0.394 e. The molecule has 0 spiro atoms. The highest BCUT2D eigenvalue weighted by Gasteiger charge is 2.13. The van der Waals surface area contributed by atoms with Crippen LogP contribution in [-0.4, -0.2) is 49.9 Å². The van der Waals surface area contributed by atoms with E-state index in [9.17, 15) is 0 Å². The van der Waals surface area contributed by atoms with E-state index in [1.54, 1.807) is 14.2 Å². The van der Waals surface area contributed by atoms with E-state index >= 15 is 0 Å². The minimum absolute atomic E-state index is 0.643. The van der Waals surface area contributed by atoms with Crippen molar-refractivity contribution in [1.82, 2.24) is 0 Å². The molecule has 5 heteroatoms. The first-order chi connectivity index (χ1) is 9.20. The molecule has 0 rings (SSSR count). The number of rotatable bonds is 14. The lowest BCUT2D eigenvalue weighted by molar-refractivity contribution is 0.0993. The van der Waals surface area contributed by atoms with E-state index in [4.69, 9.17) is 18.3 Å². The number of hydrogen-bond acceptors (Lipinski definition) is 4. The van der Waals surface area contributed by atoms with Crippen molar-refractivity contribution >= 4 is 9.28 Å². The van der Waals surface area contributed by atoms with Gasteiger partial charge in [-0.15, -0.1) is 0 Å². The molecule has 0 amide bonds. The normalized spacial score (nSPS) is 11.7. The quantitative estimate of drug-likeness (QED) is 0.364. The maximum atomic E-state index is 5.79. The van der Waals surface area contributed by atoms with Gasteiger partial charge in [0.2, 0.25) is 0 Å². The molecular formula is C14H32O4Si. The number of hydrogen-bond donors (Lipinski definition) is 0. The molecule has 0 aliphatic rings. The molecule has 0 aromatic carbocycles. The molecule has 116 valence electrons. The van der Waals surface area contributed by atoms with Crippen molar-refractivity contribution in [2.24, 2.45) is 5.92 Å². The van der Waals surface area contributed by atoms with Crippen LogP contribution in [0.1, 0.15) is 39.5 Å². The van der Waals surface area contributed by atoms with Gasteiger partial charge in [0, 0.05) is 14.2 Å². The Balaban J connectivity index is 3.64. The summed E-state index contributed by atoms with van der Waals surface area (Å²) in [5, 5.41) is 0. The van der Waals surface area contributed by atoms with Crippen molar-refractivity contribution < 1.29 is 18.3 Å². The third kappa shape index (κ3) is 14.3. The number of unbranched alkanes of at least 4 members (excludes halogenated alkanes) is 2. The maximum absolute atomic E-state index is 5.79. The Labute approximate surface area is 120 Å². The Hall–Kier alpha value is 0.0569. The fraction of sp³-hybridized carbons (Fsp3) is 1.00. The highest BCUT2D eigenvalue weighted by atomic mass is 28.3. The van der Waals surface area contributed by atoms with E-state index in [1.807, 2.05) is 0 Å². The third-order valence-electron chi connectivity index (χ3n) is 2.90. The molecule has 4 nitrogen and oxygen atoms in total. The molecule has 0 bridgehead atoms. The van der Waals surface area contributed by atoms with Gasteiger partial charge in [-0.2, -0.15) is 0 Å². The standard InChI is InChI=1S/C14H32O4Si/c1-14(2)8-6-5-7-13-19(17-11-9-15-3)18-12-10-16-4/h14,19H,5-13H2,1-4H3. The summed E-state index contributed by atoms with van der Waals surface area (Å²) in [6.45, 7) is 7.13. The lowest BCUT2D eigenvalue weighted by atomic mass is 10.1. The SMILES string of the molecule is COCCO[SiH](CCCCCC(C)C)OCCOC. The predicted octanol–water partition coefficient (Wildman–Crippen LogP) is 2.75. The molecule has 0 aromatic heterocycles. The Morgan fingerprint density at radius 1 is 0.789 bits per heavy atom. The third-order valence-corrected chi connectivity index (χ3v) is 5.00.